The molecule has 0 bridgehead atoms. The van der Waals surface area contributed by atoms with Crippen LogP contribution in [0.3, 0.4) is 0 Å². The molecule has 0 aliphatic heterocycles. The van der Waals surface area contributed by atoms with Crippen LogP contribution in [-0.2, 0) is 6.61 Å². The Hall–Kier alpha value is -2.29. The third-order valence-corrected chi connectivity index (χ3v) is 2.69. The van der Waals surface area contributed by atoms with E-state index in [0.717, 1.165) is 16.9 Å². The van der Waals surface area contributed by atoms with Gasteiger partial charge in [-0.2, -0.15) is 0 Å². The highest BCUT2D eigenvalue weighted by atomic mass is 16.5. The molecular formula is C15H14O3. The van der Waals surface area contributed by atoms with Gasteiger partial charge in [0, 0.05) is 0 Å². The summed E-state index contributed by atoms with van der Waals surface area (Å²) in [6.45, 7) is 2.42. The van der Waals surface area contributed by atoms with Gasteiger partial charge >= 0.3 is 5.97 Å². The van der Waals surface area contributed by atoms with Gasteiger partial charge in [0.1, 0.15) is 12.4 Å². The van der Waals surface area contributed by atoms with Crippen molar-refractivity contribution >= 4 is 5.97 Å². The van der Waals surface area contributed by atoms with E-state index in [9.17, 15) is 4.79 Å². The van der Waals surface area contributed by atoms with Crippen LogP contribution in [0.5, 0.6) is 5.75 Å². The lowest BCUT2D eigenvalue weighted by atomic mass is 10.1. The predicted octanol–water partition coefficient (Wildman–Crippen LogP) is 3.27. The number of carboxylic acids is 1. The lowest BCUT2D eigenvalue weighted by Crippen LogP contribution is -1.99. The van der Waals surface area contributed by atoms with Crippen molar-refractivity contribution in [2.24, 2.45) is 0 Å². The third-order valence-electron chi connectivity index (χ3n) is 2.69. The smallest absolute Gasteiger partial charge is 0.335 e. The van der Waals surface area contributed by atoms with Crippen LogP contribution in [-0.4, -0.2) is 11.1 Å². The minimum atomic E-state index is -0.915. The number of carbonyl (C=O) groups is 1. The van der Waals surface area contributed by atoms with Gasteiger partial charge in [0.25, 0.3) is 0 Å². The van der Waals surface area contributed by atoms with Crippen molar-refractivity contribution in [2.45, 2.75) is 13.5 Å². The van der Waals surface area contributed by atoms with Crippen LogP contribution in [0.4, 0.5) is 0 Å². The summed E-state index contributed by atoms with van der Waals surface area (Å²) in [5.41, 5.74) is 2.32. The Morgan fingerprint density at radius 1 is 1.11 bits per heavy atom. The fourth-order valence-corrected chi connectivity index (χ4v) is 1.62. The van der Waals surface area contributed by atoms with Crippen LogP contribution < -0.4 is 4.74 Å². The topological polar surface area (TPSA) is 46.5 Å². The monoisotopic (exact) mass is 242 g/mol. The Morgan fingerprint density at radius 3 is 2.39 bits per heavy atom. The fraction of sp³-hybridized carbons (Fsp3) is 0.133. The second kappa shape index (κ2) is 5.36. The van der Waals surface area contributed by atoms with E-state index >= 15 is 0 Å². The van der Waals surface area contributed by atoms with E-state index < -0.39 is 5.97 Å². The Labute approximate surface area is 106 Å². The molecule has 18 heavy (non-hydrogen) atoms. The number of para-hydroxylation sites is 1. The van der Waals surface area contributed by atoms with Crippen molar-refractivity contribution in [1.82, 2.24) is 0 Å². The van der Waals surface area contributed by atoms with Gasteiger partial charge < -0.3 is 9.84 Å². The van der Waals surface area contributed by atoms with Gasteiger partial charge in [-0.15, -0.1) is 0 Å². The second-order valence-corrected chi connectivity index (χ2v) is 4.06. The summed E-state index contributed by atoms with van der Waals surface area (Å²) < 4.78 is 5.68. The van der Waals surface area contributed by atoms with Crippen LogP contribution in [0, 0.1) is 6.92 Å². The highest BCUT2D eigenvalue weighted by Crippen LogP contribution is 2.18. The van der Waals surface area contributed by atoms with Gasteiger partial charge in [-0.05, 0) is 36.2 Å². The molecule has 92 valence electrons. The Kier molecular flexibility index (Phi) is 3.63. The van der Waals surface area contributed by atoms with Gasteiger partial charge in [0.05, 0.1) is 5.56 Å². The van der Waals surface area contributed by atoms with E-state index in [1.807, 2.05) is 31.2 Å². The van der Waals surface area contributed by atoms with Crippen LogP contribution in [0.15, 0.2) is 48.5 Å². The molecule has 0 aromatic heterocycles. The Morgan fingerprint density at radius 2 is 1.78 bits per heavy atom. The van der Waals surface area contributed by atoms with Crippen LogP contribution in [0.25, 0.3) is 0 Å². The summed E-state index contributed by atoms with van der Waals surface area (Å²) >= 11 is 0. The number of aromatic carboxylic acids is 1. The van der Waals surface area contributed by atoms with Crippen molar-refractivity contribution in [3.63, 3.8) is 0 Å². The number of hydrogen-bond donors (Lipinski definition) is 1. The second-order valence-electron chi connectivity index (χ2n) is 4.06. The highest BCUT2D eigenvalue weighted by Gasteiger charge is 2.02. The maximum Gasteiger partial charge on any atom is 0.335 e. The number of carboxylic acid groups (broad SMARTS) is 1. The van der Waals surface area contributed by atoms with Crippen molar-refractivity contribution in [3.05, 3.63) is 65.2 Å². The normalized spacial score (nSPS) is 10.1. The number of benzene rings is 2. The van der Waals surface area contributed by atoms with E-state index in [1.165, 1.54) is 0 Å². The first-order valence-electron chi connectivity index (χ1n) is 5.67. The average molecular weight is 242 g/mol. The van der Waals surface area contributed by atoms with Gasteiger partial charge in [-0.3, -0.25) is 0 Å². The summed E-state index contributed by atoms with van der Waals surface area (Å²) in [6, 6.07) is 14.5. The molecule has 1 N–H and O–H groups in total. The predicted molar refractivity (Wildman–Crippen MR) is 68.9 cm³/mol. The molecule has 0 saturated carbocycles. The molecule has 0 aliphatic rings. The molecule has 0 fully saturated rings. The zero-order valence-corrected chi connectivity index (χ0v) is 10.1. The first-order valence-corrected chi connectivity index (χ1v) is 5.67. The first kappa shape index (κ1) is 12.2. The molecule has 0 saturated heterocycles. The maximum atomic E-state index is 10.7. The number of rotatable bonds is 4. The summed E-state index contributed by atoms with van der Waals surface area (Å²) in [4.78, 5) is 10.7. The average Bonchev–Trinajstić information content (AvgIpc) is 2.38. The molecule has 0 unspecified atom stereocenters. The summed E-state index contributed by atoms with van der Waals surface area (Å²) in [5.74, 6) is -0.0683. The quantitative estimate of drug-likeness (QED) is 0.895. The van der Waals surface area contributed by atoms with E-state index in [4.69, 9.17) is 9.84 Å². The van der Waals surface area contributed by atoms with E-state index in [1.54, 1.807) is 24.3 Å². The van der Waals surface area contributed by atoms with Gasteiger partial charge in [-0.1, -0.05) is 30.3 Å². The number of ether oxygens (including phenoxy) is 1. The van der Waals surface area contributed by atoms with Gasteiger partial charge in [0.2, 0.25) is 0 Å². The SMILES string of the molecule is Cc1ccccc1OCc1ccc(C(=O)O)cc1. The summed E-state index contributed by atoms with van der Waals surface area (Å²) in [6.07, 6.45) is 0. The fourth-order valence-electron chi connectivity index (χ4n) is 1.62. The van der Waals surface area contributed by atoms with Gasteiger partial charge in [0.15, 0.2) is 0 Å². The van der Waals surface area contributed by atoms with E-state index in [0.29, 0.717) is 6.61 Å². The van der Waals surface area contributed by atoms with Crippen LogP contribution in [0.2, 0.25) is 0 Å². The largest absolute Gasteiger partial charge is 0.489 e. The first-order chi connectivity index (χ1) is 8.66. The van der Waals surface area contributed by atoms with E-state index in [-0.39, 0.29) is 5.56 Å². The van der Waals surface area contributed by atoms with Crippen molar-refractivity contribution in [2.75, 3.05) is 0 Å². The molecule has 3 nitrogen and oxygen atoms in total. The van der Waals surface area contributed by atoms with Gasteiger partial charge in [-0.25, -0.2) is 4.79 Å². The zero-order chi connectivity index (χ0) is 13.0. The minimum absolute atomic E-state index is 0.287. The van der Waals surface area contributed by atoms with Crippen LogP contribution in [0.1, 0.15) is 21.5 Å². The standard InChI is InChI=1S/C15H14O3/c1-11-4-2-3-5-14(11)18-10-12-6-8-13(9-7-12)15(16)17/h2-9H,10H2,1H3,(H,16,17). The molecule has 0 amide bonds. The molecule has 0 atom stereocenters. The molecule has 0 heterocycles. The number of aryl methyl sites for hydroxylation is 1. The zero-order valence-electron chi connectivity index (χ0n) is 10.1. The van der Waals surface area contributed by atoms with E-state index in [2.05, 4.69) is 0 Å². The maximum absolute atomic E-state index is 10.7. The third kappa shape index (κ3) is 2.88. The van der Waals surface area contributed by atoms with Crippen LogP contribution >= 0.6 is 0 Å². The van der Waals surface area contributed by atoms with Crippen molar-refractivity contribution in [3.8, 4) is 5.75 Å². The number of hydrogen-bond acceptors (Lipinski definition) is 2. The molecule has 0 spiro atoms. The summed E-state index contributed by atoms with van der Waals surface area (Å²) in [7, 11) is 0. The molecule has 2 aromatic carbocycles. The molecule has 2 rings (SSSR count). The summed E-state index contributed by atoms with van der Waals surface area (Å²) in [5, 5.41) is 8.79. The molecule has 0 aliphatic carbocycles. The molecular weight excluding hydrogens is 228 g/mol. The van der Waals surface area contributed by atoms with Crippen molar-refractivity contribution < 1.29 is 14.6 Å². The highest BCUT2D eigenvalue weighted by molar-refractivity contribution is 5.87. The molecule has 2 aromatic rings. The molecule has 3 heteroatoms. The Balaban J connectivity index is 2.02. The minimum Gasteiger partial charge on any atom is -0.489 e. The van der Waals surface area contributed by atoms with Crippen molar-refractivity contribution in [1.29, 1.82) is 0 Å². The lowest BCUT2D eigenvalue weighted by Gasteiger charge is -2.08. The molecule has 0 radical (unpaired) electrons. The Bertz CT molecular complexity index is 544. The lowest BCUT2D eigenvalue weighted by molar-refractivity contribution is 0.0697.